The number of methoxy groups -OCH3 is 4. The van der Waals surface area contributed by atoms with Crippen LogP contribution in [0.15, 0.2) is 67.8 Å². The van der Waals surface area contributed by atoms with E-state index < -0.39 is 17.9 Å². The Balaban J connectivity index is 0.000000163. The van der Waals surface area contributed by atoms with Crippen molar-refractivity contribution >= 4 is 102 Å². The summed E-state index contributed by atoms with van der Waals surface area (Å²) in [5, 5.41) is 4.37. The highest BCUT2D eigenvalue weighted by Gasteiger charge is 2.18. The summed E-state index contributed by atoms with van der Waals surface area (Å²) in [6.07, 6.45) is 0. The van der Waals surface area contributed by atoms with Crippen LogP contribution in [0.1, 0.15) is 48.4 Å². The van der Waals surface area contributed by atoms with Crippen LogP contribution in [0.25, 0.3) is 32.9 Å². The summed E-state index contributed by atoms with van der Waals surface area (Å²) in [6, 6.07) is 15.3. The molecular formula is C34H28BrCl3O10. The predicted octanol–water partition coefficient (Wildman–Crippen LogP) is 9.97. The van der Waals surface area contributed by atoms with Gasteiger partial charge in [-0.1, -0.05) is 50.7 Å². The lowest BCUT2D eigenvalue weighted by atomic mass is 10.1. The molecule has 6 rings (SSSR count). The maximum Gasteiger partial charge on any atom is 0.341 e. The predicted molar refractivity (Wildman–Crippen MR) is 186 cm³/mol. The van der Waals surface area contributed by atoms with Crippen molar-refractivity contribution in [3.8, 4) is 0 Å². The van der Waals surface area contributed by atoms with Gasteiger partial charge in [-0.2, -0.15) is 0 Å². The number of halogens is 4. The topological polar surface area (TPSA) is 128 Å². The molecule has 0 aliphatic rings. The first-order valence-electron chi connectivity index (χ1n) is 13.9. The molecule has 0 fully saturated rings. The Morgan fingerprint density at radius 1 is 0.583 bits per heavy atom. The minimum absolute atomic E-state index is 0.317. The fourth-order valence-electron chi connectivity index (χ4n) is 4.65. The zero-order chi connectivity index (χ0) is 35.1. The maximum absolute atomic E-state index is 11.6. The van der Waals surface area contributed by atoms with Crippen LogP contribution in [0, 0.1) is 6.92 Å². The molecule has 3 aromatic carbocycles. The second-order valence-electron chi connectivity index (χ2n) is 9.94. The average molecular weight is 783 g/mol. The van der Waals surface area contributed by atoms with Gasteiger partial charge in [0.1, 0.15) is 57.3 Å². The van der Waals surface area contributed by atoms with Crippen molar-refractivity contribution in [1.82, 2.24) is 0 Å². The SMILES string of the molecule is COC(=O)c1cc(Cl)cc2cc(C)oc12.COC(=O)c1cc(Cl)cc2cc(CBr)oc12.COCc1cc2cc(Cl)cc(C(=O)OC)c2o1. The second kappa shape index (κ2) is 16.4. The average Bonchev–Trinajstić information content (AvgIpc) is 3.78. The van der Waals surface area contributed by atoms with Crippen molar-refractivity contribution in [3.05, 3.63) is 104 Å². The molecule has 0 aliphatic heterocycles. The van der Waals surface area contributed by atoms with Crippen LogP contribution in [0.5, 0.6) is 0 Å². The molecule has 0 saturated heterocycles. The summed E-state index contributed by atoms with van der Waals surface area (Å²) < 4.78 is 35.4. The minimum atomic E-state index is -0.476. The van der Waals surface area contributed by atoms with Gasteiger partial charge >= 0.3 is 17.9 Å². The highest BCUT2D eigenvalue weighted by molar-refractivity contribution is 9.08. The number of hydrogen-bond acceptors (Lipinski definition) is 10. The molecule has 0 radical (unpaired) electrons. The van der Waals surface area contributed by atoms with Gasteiger partial charge in [0.2, 0.25) is 0 Å². The van der Waals surface area contributed by atoms with Crippen molar-refractivity contribution < 1.29 is 46.6 Å². The summed E-state index contributed by atoms with van der Waals surface area (Å²) in [5.41, 5.74) is 2.51. The summed E-state index contributed by atoms with van der Waals surface area (Å²) in [7, 11) is 5.53. The standard InChI is InChI=1S/C12H11ClO4.C11H8BrClO3.C11H9ClO3/c1-15-6-9-4-7-3-8(13)5-10(11(7)17-9)12(14)16-2;1-15-11(14)9-4-7(13)2-6-3-8(5-12)16-10(6)9;1-6-3-7-4-8(12)5-9(10(7)15-6)11(13)14-2/h3-5H,6H2,1-2H3;2-4H,5H2,1H3;3-5H,1-2H3. The number of furan rings is 3. The zero-order valence-corrected chi connectivity index (χ0v) is 30.1. The molecule has 0 spiro atoms. The Kier molecular flexibility index (Phi) is 12.6. The third-order valence-corrected chi connectivity index (χ3v) is 7.81. The van der Waals surface area contributed by atoms with Gasteiger partial charge in [-0.25, -0.2) is 14.4 Å². The largest absolute Gasteiger partial charge is 0.465 e. The molecule has 10 nitrogen and oxygen atoms in total. The molecular weight excluding hydrogens is 755 g/mol. The van der Waals surface area contributed by atoms with E-state index in [1.807, 2.05) is 19.1 Å². The number of carbonyl (C=O) groups excluding carboxylic acids is 3. The number of carbonyl (C=O) groups is 3. The van der Waals surface area contributed by atoms with Crippen LogP contribution >= 0.6 is 50.7 Å². The molecule has 3 heterocycles. The Labute approximate surface area is 297 Å². The third kappa shape index (κ3) is 8.53. The molecule has 252 valence electrons. The first-order valence-corrected chi connectivity index (χ1v) is 16.1. The number of rotatable bonds is 6. The Morgan fingerprint density at radius 2 is 0.958 bits per heavy atom. The fraction of sp³-hybridized carbons (Fsp3) is 0.206. The van der Waals surface area contributed by atoms with Crippen molar-refractivity contribution in [2.75, 3.05) is 28.4 Å². The van der Waals surface area contributed by atoms with E-state index in [0.717, 1.165) is 27.7 Å². The Morgan fingerprint density at radius 3 is 1.35 bits per heavy atom. The van der Waals surface area contributed by atoms with Crippen molar-refractivity contribution in [1.29, 1.82) is 0 Å². The summed E-state index contributed by atoms with van der Waals surface area (Å²) in [6.45, 7) is 2.15. The lowest BCUT2D eigenvalue weighted by Crippen LogP contribution is -2.01. The van der Waals surface area contributed by atoms with Crippen LogP contribution in [0.3, 0.4) is 0 Å². The number of benzene rings is 3. The van der Waals surface area contributed by atoms with E-state index in [9.17, 15) is 14.4 Å². The van der Waals surface area contributed by atoms with Crippen LogP contribution < -0.4 is 0 Å². The molecule has 0 aliphatic carbocycles. The Hall–Kier alpha value is -4.00. The monoisotopic (exact) mass is 780 g/mol. The fourth-order valence-corrected chi connectivity index (χ4v) is 5.61. The van der Waals surface area contributed by atoms with E-state index in [-0.39, 0.29) is 0 Å². The van der Waals surface area contributed by atoms with Crippen molar-refractivity contribution in [3.63, 3.8) is 0 Å². The number of aryl methyl sites for hydroxylation is 1. The molecule has 0 amide bonds. The molecule has 0 unspecified atom stereocenters. The van der Waals surface area contributed by atoms with E-state index >= 15 is 0 Å². The molecule has 0 N–H and O–H groups in total. The summed E-state index contributed by atoms with van der Waals surface area (Å²) in [4.78, 5) is 34.5. The molecule has 14 heteroatoms. The highest BCUT2D eigenvalue weighted by atomic mass is 79.9. The molecule has 0 atom stereocenters. The van der Waals surface area contributed by atoms with Gasteiger partial charge in [0.05, 0.1) is 26.7 Å². The van der Waals surface area contributed by atoms with E-state index in [1.54, 1.807) is 37.4 Å². The van der Waals surface area contributed by atoms with Crippen LogP contribution in [0.2, 0.25) is 15.1 Å². The quantitative estimate of drug-likeness (QED) is 0.0915. The first-order chi connectivity index (χ1) is 22.9. The van der Waals surface area contributed by atoms with Gasteiger partial charge in [-0.3, -0.25) is 0 Å². The third-order valence-electron chi connectivity index (χ3n) is 6.60. The lowest BCUT2D eigenvalue weighted by Gasteiger charge is -2.00. The molecule has 0 saturated carbocycles. The van der Waals surface area contributed by atoms with E-state index in [2.05, 4.69) is 30.1 Å². The van der Waals surface area contributed by atoms with Crippen molar-refractivity contribution in [2.45, 2.75) is 18.9 Å². The second-order valence-corrected chi connectivity index (χ2v) is 11.8. The lowest BCUT2D eigenvalue weighted by molar-refractivity contribution is 0.0592. The normalized spacial score (nSPS) is 10.7. The number of fused-ring (bicyclic) bond motifs is 3. The summed E-state index contributed by atoms with van der Waals surface area (Å²) in [5.74, 6) is 0.727. The van der Waals surface area contributed by atoms with Gasteiger partial charge in [0.25, 0.3) is 0 Å². The smallest absolute Gasteiger partial charge is 0.341 e. The Bertz CT molecular complexity index is 2110. The van der Waals surface area contributed by atoms with Gasteiger partial charge in [-0.15, -0.1) is 0 Å². The highest BCUT2D eigenvalue weighted by Crippen LogP contribution is 2.30. The van der Waals surface area contributed by atoms with Crippen LogP contribution in [0.4, 0.5) is 0 Å². The van der Waals surface area contributed by atoms with Gasteiger partial charge in [0.15, 0.2) is 0 Å². The zero-order valence-electron chi connectivity index (χ0n) is 26.2. The number of hydrogen-bond donors (Lipinski definition) is 0. The van der Waals surface area contributed by atoms with Gasteiger partial charge < -0.3 is 32.2 Å². The minimum Gasteiger partial charge on any atom is -0.465 e. The van der Waals surface area contributed by atoms with Gasteiger partial charge in [0, 0.05) is 38.3 Å². The maximum atomic E-state index is 11.6. The molecule has 6 aromatic rings. The number of alkyl halides is 1. The number of ether oxygens (including phenoxy) is 4. The van der Waals surface area contributed by atoms with E-state index in [1.165, 1.54) is 33.5 Å². The van der Waals surface area contributed by atoms with Gasteiger partial charge in [-0.05, 0) is 61.5 Å². The van der Waals surface area contributed by atoms with E-state index in [0.29, 0.717) is 66.2 Å². The van der Waals surface area contributed by atoms with Crippen LogP contribution in [-0.4, -0.2) is 46.3 Å². The molecule has 0 bridgehead atoms. The van der Waals surface area contributed by atoms with Crippen molar-refractivity contribution in [2.24, 2.45) is 0 Å². The summed E-state index contributed by atoms with van der Waals surface area (Å²) >= 11 is 21.0. The number of esters is 3. The van der Waals surface area contributed by atoms with Crippen LogP contribution in [-0.2, 0) is 30.9 Å². The first kappa shape index (κ1) is 36.8. The molecule has 3 aromatic heterocycles. The van der Waals surface area contributed by atoms with E-state index in [4.69, 9.17) is 52.8 Å². The molecule has 48 heavy (non-hydrogen) atoms.